The van der Waals surface area contributed by atoms with E-state index in [2.05, 4.69) is 42.5 Å². The van der Waals surface area contributed by atoms with Crippen LogP contribution in [0.4, 0.5) is 11.6 Å². The van der Waals surface area contributed by atoms with E-state index >= 15 is 0 Å². The monoisotopic (exact) mass is 495 g/mol. The maximum atomic E-state index is 13.4. The molecule has 37 heavy (non-hydrogen) atoms. The molecule has 2 saturated carbocycles. The first-order valence-corrected chi connectivity index (χ1v) is 12.9. The number of aromatic nitrogens is 5. The van der Waals surface area contributed by atoms with Gasteiger partial charge in [-0.1, -0.05) is 32.9 Å². The van der Waals surface area contributed by atoms with Crippen molar-refractivity contribution in [1.82, 2.24) is 29.6 Å². The van der Waals surface area contributed by atoms with Crippen molar-refractivity contribution >= 4 is 28.6 Å². The molecular weight excluding hydrogens is 466 g/mol. The van der Waals surface area contributed by atoms with E-state index < -0.39 is 0 Å². The summed E-state index contributed by atoms with van der Waals surface area (Å²) in [7, 11) is 0. The van der Waals surface area contributed by atoms with E-state index in [1.807, 2.05) is 35.0 Å². The SMILES string of the molecule is CC(C)(C)c1cccc(-n2c3nc(Nc4ccc5c(c4)CC(=O)NC54CC4)ncc3c(=O)n2C2CC2)n1. The Morgan fingerprint density at radius 1 is 1.08 bits per heavy atom. The highest BCUT2D eigenvalue weighted by Gasteiger charge is 2.49. The number of fused-ring (bicyclic) bond motifs is 3. The van der Waals surface area contributed by atoms with Gasteiger partial charge in [0.1, 0.15) is 5.39 Å². The topological polar surface area (TPSA) is 107 Å². The Kier molecular flexibility index (Phi) is 4.50. The molecule has 4 heterocycles. The van der Waals surface area contributed by atoms with Crippen LogP contribution >= 0.6 is 0 Å². The van der Waals surface area contributed by atoms with Crippen LogP contribution in [0.2, 0.25) is 0 Å². The van der Waals surface area contributed by atoms with Gasteiger partial charge in [0.05, 0.1) is 18.0 Å². The second kappa shape index (κ2) is 7.50. The molecule has 0 atom stereocenters. The molecule has 3 aromatic heterocycles. The van der Waals surface area contributed by atoms with E-state index in [9.17, 15) is 9.59 Å². The second-order valence-electron chi connectivity index (χ2n) is 11.6. The Morgan fingerprint density at radius 2 is 1.89 bits per heavy atom. The van der Waals surface area contributed by atoms with Crippen LogP contribution < -0.4 is 16.2 Å². The van der Waals surface area contributed by atoms with E-state index in [0.717, 1.165) is 42.6 Å². The first kappa shape index (κ1) is 22.2. The second-order valence-corrected chi connectivity index (χ2v) is 11.6. The van der Waals surface area contributed by atoms with Crippen molar-refractivity contribution in [1.29, 1.82) is 0 Å². The van der Waals surface area contributed by atoms with Crippen molar-refractivity contribution < 1.29 is 4.79 Å². The Bertz CT molecular complexity index is 1650. The summed E-state index contributed by atoms with van der Waals surface area (Å²) >= 11 is 0. The van der Waals surface area contributed by atoms with Crippen LogP contribution in [0.5, 0.6) is 0 Å². The van der Waals surface area contributed by atoms with E-state index in [1.165, 1.54) is 5.56 Å². The van der Waals surface area contributed by atoms with Crippen LogP contribution in [-0.2, 0) is 22.2 Å². The summed E-state index contributed by atoms with van der Waals surface area (Å²) in [6.45, 7) is 6.37. The molecule has 1 spiro atoms. The largest absolute Gasteiger partial charge is 0.346 e. The molecule has 1 amide bonds. The van der Waals surface area contributed by atoms with Gasteiger partial charge in [-0.2, -0.15) is 4.98 Å². The average molecular weight is 496 g/mol. The van der Waals surface area contributed by atoms with Crippen LogP contribution in [0.25, 0.3) is 16.9 Å². The number of carbonyl (C=O) groups is 1. The van der Waals surface area contributed by atoms with E-state index in [0.29, 0.717) is 29.2 Å². The van der Waals surface area contributed by atoms with Crippen LogP contribution in [0.15, 0.2) is 47.4 Å². The van der Waals surface area contributed by atoms with Gasteiger partial charge >= 0.3 is 0 Å². The summed E-state index contributed by atoms with van der Waals surface area (Å²) in [6.07, 6.45) is 5.85. The number of carbonyl (C=O) groups excluding carboxylic acids is 1. The number of pyridine rings is 1. The molecular formula is C28H29N7O2. The highest BCUT2D eigenvalue weighted by Crippen LogP contribution is 2.49. The Balaban J connectivity index is 1.32. The smallest absolute Gasteiger partial charge is 0.278 e. The van der Waals surface area contributed by atoms with Crippen LogP contribution in [-0.4, -0.2) is 30.2 Å². The molecule has 1 aliphatic heterocycles. The Labute approximate surface area is 213 Å². The molecule has 1 aromatic carbocycles. The number of amides is 1. The lowest BCUT2D eigenvalue weighted by Gasteiger charge is -2.27. The van der Waals surface area contributed by atoms with E-state index in [-0.39, 0.29) is 28.5 Å². The molecule has 9 heteroatoms. The highest BCUT2D eigenvalue weighted by molar-refractivity contribution is 5.84. The van der Waals surface area contributed by atoms with Crippen molar-refractivity contribution in [3.05, 3.63) is 69.8 Å². The molecule has 0 unspecified atom stereocenters. The van der Waals surface area contributed by atoms with Gasteiger partial charge in [-0.3, -0.25) is 9.59 Å². The maximum Gasteiger partial charge on any atom is 0.278 e. The van der Waals surface area contributed by atoms with Crippen molar-refractivity contribution in [2.75, 3.05) is 5.32 Å². The van der Waals surface area contributed by atoms with E-state index in [4.69, 9.17) is 9.97 Å². The van der Waals surface area contributed by atoms with Crippen LogP contribution in [0, 0.1) is 0 Å². The lowest BCUT2D eigenvalue weighted by Crippen LogP contribution is -2.41. The van der Waals surface area contributed by atoms with Gasteiger partial charge in [-0.15, -0.1) is 0 Å². The minimum absolute atomic E-state index is 0.0650. The van der Waals surface area contributed by atoms with Crippen molar-refractivity contribution in [2.24, 2.45) is 0 Å². The van der Waals surface area contributed by atoms with Gasteiger partial charge < -0.3 is 10.6 Å². The van der Waals surface area contributed by atoms with Gasteiger partial charge in [-0.05, 0) is 61.1 Å². The van der Waals surface area contributed by atoms with Crippen LogP contribution in [0.1, 0.15) is 69.3 Å². The zero-order valence-electron chi connectivity index (χ0n) is 21.2. The summed E-state index contributed by atoms with van der Waals surface area (Å²) < 4.78 is 3.63. The third kappa shape index (κ3) is 3.63. The molecule has 2 fully saturated rings. The van der Waals surface area contributed by atoms with Gasteiger partial charge in [0, 0.05) is 23.0 Å². The minimum Gasteiger partial charge on any atom is -0.346 e. The maximum absolute atomic E-state index is 13.4. The number of hydrogen-bond acceptors (Lipinski definition) is 6. The fourth-order valence-electron chi connectivity index (χ4n) is 5.37. The van der Waals surface area contributed by atoms with Gasteiger partial charge in [0.25, 0.3) is 5.56 Å². The number of hydrogen-bond donors (Lipinski definition) is 2. The van der Waals surface area contributed by atoms with E-state index in [1.54, 1.807) is 10.9 Å². The molecule has 9 nitrogen and oxygen atoms in total. The quantitative estimate of drug-likeness (QED) is 0.443. The lowest BCUT2D eigenvalue weighted by molar-refractivity contribution is -0.122. The fourth-order valence-corrected chi connectivity index (χ4v) is 5.37. The van der Waals surface area contributed by atoms with Crippen molar-refractivity contribution in [2.45, 2.75) is 69.9 Å². The molecule has 2 aliphatic carbocycles. The standard InChI is InChI=1S/C28H29N7O2/c1-27(2,3)21-5-4-6-22(31-21)35-24-19(25(37)34(35)18-8-9-18)15-29-26(32-24)30-17-7-10-20-16(13-17)14-23(36)33-28(20)11-12-28/h4-7,10,13,15,18H,8-9,11-12,14H2,1-3H3,(H,33,36)(H,29,30,32). The number of rotatable bonds is 4. The summed E-state index contributed by atoms with van der Waals surface area (Å²) in [6, 6.07) is 12.2. The minimum atomic E-state index is -0.172. The summed E-state index contributed by atoms with van der Waals surface area (Å²) in [4.78, 5) is 39.8. The highest BCUT2D eigenvalue weighted by atomic mass is 16.2. The third-order valence-corrected chi connectivity index (χ3v) is 7.59. The zero-order chi connectivity index (χ0) is 25.5. The third-order valence-electron chi connectivity index (χ3n) is 7.59. The number of nitrogens with one attached hydrogen (secondary N) is 2. The molecule has 0 bridgehead atoms. The molecule has 7 rings (SSSR count). The number of nitrogens with zero attached hydrogens (tertiary/aromatic N) is 5. The van der Waals surface area contributed by atoms with Crippen LogP contribution in [0.3, 0.4) is 0 Å². The Morgan fingerprint density at radius 3 is 2.62 bits per heavy atom. The number of benzene rings is 1. The normalized spacial score (nSPS) is 18.1. The van der Waals surface area contributed by atoms with Gasteiger partial charge in [-0.25, -0.2) is 19.3 Å². The van der Waals surface area contributed by atoms with Gasteiger partial charge in [0.15, 0.2) is 11.5 Å². The summed E-state index contributed by atoms with van der Waals surface area (Å²) in [5.74, 6) is 1.13. The molecule has 4 aromatic rings. The lowest BCUT2D eigenvalue weighted by atomic mass is 9.91. The predicted octanol–water partition coefficient (Wildman–Crippen LogP) is 4.01. The van der Waals surface area contributed by atoms with Gasteiger partial charge in [0.2, 0.25) is 11.9 Å². The Hall–Kier alpha value is -4.01. The molecule has 2 N–H and O–H groups in total. The van der Waals surface area contributed by atoms with Crippen molar-refractivity contribution in [3.8, 4) is 5.82 Å². The predicted molar refractivity (Wildman–Crippen MR) is 140 cm³/mol. The summed E-state index contributed by atoms with van der Waals surface area (Å²) in [5, 5.41) is 6.91. The summed E-state index contributed by atoms with van der Waals surface area (Å²) in [5.41, 5.74) is 4.13. The molecule has 3 aliphatic rings. The average Bonchev–Trinajstić information content (AvgIpc) is 3.79. The fraction of sp³-hybridized carbons (Fsp3) is 0.393. The first-order valence-electron chi connectivity index (χ1n) is 12.9. The van der Waals surface area contributed by atoms with Crippen molar-refractivity contribution in [3.63, 3.8) is 0 Å². The molecule has 0 radical (unpaired) electrons. The zero-order valence-corrected chi connectivity index (χ0v) is 21.2. The number of anilines is 2. The first-order chi connectivity index (χ1) is 17.7. The molecule has 0 saturated heterocycles. The molecule has 188 valence electrons.